The number of anilines is 1. The van der Waals surface area contributed by atoms with Crippen LogP contribution in [0.4, 0.5) is 5.69 Å². The lowest BCUT2D eigenvalue weighted by atomic mass is 9.88. The molecule has 0 bridgehead atoms. The average molecular weight is 462 g/mol. The number of benzene rings is 2. The van der Waals surface area contributed by atoms with Gasteiger partial charge in [-0.1, -0.05) is 50.2 Å². The molecule has 3 rings (SSSR count). The molecule has 0 spiro atoms. The van der Waals surface area contributed by atoms with Gasteiger partial charge in [-0.25, -0.2) is 0 Å². The van der Waals surface area contributed by atoms with Crippen molar-refractivity contribution < 1.29 is 23.9 Å². The number of allylic oxidation sites excluding steroid dienone is 2. The fourth-order valence-electron chi connectivity index (χ4n) is 3.87. The molecule has 0 heterocycles. The number of hydrogen-bond donors (Lipinski definition) is 1. The maximum absolute atomic E-state index is 12.8. The number of nitrogens with one attached hydrogen (secondary N) is 1. The smallest absolute Gasteiger partial charge is 0.228 e. The van der Waals surface area contributed by atoms with Crippen molar-refractivity contribution in [1.29, 1.82) is 0 Å². The van der Waals surface area contributed by atoms with Crippen molar-refractivity contribution in [3.8, 4) is 0 Å². The summed E-state index contributed by atoms with van der Waals surface area (Å²) in [6.45, 7) is 5.90. The lowest BCUT2D eigenvalue weighted by Gasteiger charge is -2.20. The first-order valence-corrected chi connectivity index (χ1v) is 11.3. The highest BCUT2D eigenvalue weighted by atomic mass is 16.5. The van der Waals surface area contributed by atoms with Crippen molar-refractivity contribution in [2.24, 2.45) is 0 Å². The molecule has 0 fully saturated rings. The maximum atomic E-state index is 12.8. The molecule has 178 valence electrons. The van der Waals surface area contributed by atoms with Gasteiger partial charge in [0.05, 0.1) is 14.2 Å². The second-order valence-corrected chi connectivity index (χ2v) is 8.65. The number of methoxy groups -OCH3 is 2. The number of carbonyl (C=O) groups is 3. The molecule has 2 aromatic carbocycles. The Labute approximate surface area is 200 Å². The van der Waals surface area contributed by atoms with E-state index >= 15 is 0 Å². The number of carbonyl (C=O) groups excluding carboxylic acids is 3. The molecular formula is C28H31NO5. The summed E-state index contributed by atoms with van der Waals surface area (Å²) in [5.41, 5.74) is 4.71. The highest BCUT2D eigenvalue weighted by molar-refractivity contribution is 6.23. The SMILES string of the molecule is COC1=C(OC)C(=O)C(Cc2ccc(CCC(=O)Nc3ccc(C(C)C)cc3)cc2)=C(C)C1=O. The first-order chi connectivity index (χ1) is 16.2. The van der Waals surface area contributed by atoms with Crippen molar-refractivity contribution in [1.82, 2.24) is 0 Å². The van der Waals surface area contributed by atoms with Crippen LogP contribution in [-0.2, 0) is 36.7 Å². The predicted molar refractivity (Wildman–Crippen MR) is 131 cm³/mol. The van der Waals surface area contributed by atoms with Crippen molar-refractivity contribution in [2.45, 2.75) is 46.0 Å². The normalized spacial score (nSPS) is 14.1. The van der Waals surface area contributed by atoms with Crippen molar-refractivity contribution in [3.63, 3.8) is 0 Å². The molecule has 0 aromatic heterocycles. The van der Waals surface area contributed by atoms with E-state index in [4.69, 9.17) is 9.47 Å². The van der Waals surface area contributed by atoms with E-state index in [2.05, 4.69) is 19.2 Å². The van der Waals surface area contributed by atoms with Crippen LogP contribution in [0.25, 0.3) is 0 Å². The molecule has 1 aliphatic rings. The number of aryl methyl sites for hydroxylation is 1. The number of ketones is 2. The van der Waals surface area contributed by atoms with E-state index in [-0.39, 0.29) is 29.0 Å². The summed E-state index contributed by atoms with van der Waals surface area (Å²) in [5, 5.41) is 2.93. The topological polar surface area (TPSA) is 81.7 Å². The molecule has 6 nitrogen and oxygen atoms in total. The Morgan fingerprint density at radius 3 is 1.97 bits per heavy atom. The van der Waals surface area contributed by atoms with Crippen LogP contribution in [0.1, 0.15) is 49.8 Å². The molecule has 0 saturated carbocycles. The maximum Gasteiger partial charge on any atom is 0.228 e. The molecule has 0 radical (unpaired) electrons. The summed E-state index contributed by atoms with van der Waals surface area (Å²) in [6, 6.07) is 15.6. The summed E-state index contributed by atoms with van der Waals surface area (Å²) in [5.74, 6) is -0.380. The molecule has 1 N–H and O–H groups in total. The number of amides is 1. The molecule has 6 heteroatoms. The molecule has 0 unspecified atom stereocenters. The third-order valence-electron chi connectivity index (χ3n) is 6.00. The Balaban J connectivity index is 1.59. The highest BCUT2D eigenvalue weighted by Gasteiger charge is 2.34. The van der Waals surface area contributed by atoms with Gasteiger partial charge in [0, 0.05) is 29.7 Å². The number of Topliss-reactive ketones (excluding diaryl/α,β-unsaturated/α-hetero) is 2. The third-order valence-corrected chi connectivity index (χ3v) is 6.00. The Hall–Kier alpha value is -3.67. The summed E-state index contributed by atoms with van der Waals surface area (Å²) in [7, 11) is 2.70. The van der Waals surface area contributed by atoms with Crippen LogP contribution in [0.5, 0.6) is 0 Å². The molecular weight excluding hydrogens is 430 g/mol. The fourth-order valence-corrected chi connectivity index (χ4v) is 3.87. The Morgan fingerprint density at radius 2 is 1.41 bits per heavy atom. The zero-order valence-electron chi connectivity index (χ0n) is 20.4. The Bertz CT molecular complexity index is 1140. The average Bonchev–Trinajstić information content (AvgIpc) is 2.83. The van der Waals surface area contributed by atoms with Crippen LogP contribution >= 0.6 is 0 Å². The first kappa shape index (κ1) is 25.0. The van der Waals surface area contributed by atoms with Gasteiger partial charge in [-0.05, 0) is 48.1 Å². The summed E-state index contributed by atoms with van der Waals surface area (Å²) < 4.78 is 10.2. The van der Waals surface area contributed by atoms with Gasteiger partial charge in [-0.2, -0.15) is 0 Å². The van der Waals surface area contributed by atoms with Gasteiger partial charge in [0.1, 0.15) is 0 Å². The van der Waals surface area contributed by atoms with Crippen molar-refractivity contribution in [3.05, 3.63) is 87.9 Å². The molecule has 34 heavy (non-hydrogen) atoms. The summed E-state index contributed by atoms with van der Waals surface area (Å²) >= 11 is 0. The van der Waals surface area contributed by atoms with Gasteiger partial charge in [0.15, 0.2) is 0 Å². The first-order valence-electron chi connectivity index (χ1n) is 11.3. The van der Waals surface area contributed by atoms with Crippen LogP contribution in [0.15, 0.2) is 71.2 Å². The Kier molecular flexibility index (Phi) is 8.05. The molecule has 2 aromatic rings. The van der Waals surface area contributed by atoms with E-state index in [1.807, 2.05) is 48.5 Å². The van der Waals surface area contributed by atoms with E-state index < -0.39 is 0 Å². The van der Waals surface area contributed by atoms with Gasteiger partial charge in [0.25, 0.3) is 0 Å². The second kappa shape index (κ2) is 11.0. The van der Waals surface area contributed by atoms with E-state index in [1.54, 1.807) is 6.92 Å². The van der Waals surface area contributed by atoms with E-state index in [0.29, 0.717) is 36.3 Å². The Morgan fingerprint density at radius 1 is 0.853 bits per heavy atom. The van der Waals surface area contributed by atoms with Crippen LogP contribution in [0.2, 0.25) is 0 Å². The van der Waals surface area contributed by atoms with Crippen LogP contribution in [-0.4, -0.2) is 31.7 Å². The lowest BCUT2D eigenvalue weighted by molar-refractivity contribution is -0.121. The van der Waals surface area contributed by atoms with E-state index in [0.717, 1.165) is 16.8 Å². The summed E-state index contributed by atoms with van der Waals surface area (Å²) in [4.78, 5) is 37.7. The lowest BCUT2D eigenvalue weighted by Crippen LogP contribution is -2.26. The zero-order chi connectivity index (χ0) is 24.8. The summed E-state index contributed by atoms with van der Waals surface area (Å²) in [6.07, 6.45) is 1.28. The van der Waals surface area contributed by atoms with E-state index in [1.165, 1.54) is 19.8 Å². The fraction of sp³-hybridized carbons (Fsp3) is 0.321. The monoisotopic (exact) mass is 461 g/mol. The molecule has 1 amide bonds. The minimum Gasteiger partial charge on any atom is -0.489 e. The molecule has 0 saturated heterocycles. The van der Waals surface area contributed by atoms with Gasteiger partial charge in [-0.3, -0.25) is 14.4 Å². The third kappa shape index (κ3) is 5.63. The number of hydrogen-bond acceptors (Lipinski definition) is 5. The zero-order valence-corrected chi connectivity index (χ0v) is 20.4. The van der Waals surface area contributed by atoms with E-state index in [9.17, 15) is 14.4 Å². The van der Waals surface area contributed by atoms with Crippen molar-refractivity contribution in [2.75, 3.05) is 19.5 Å². The van der Waals surface area contributed by atoms with Crippen molar-refractivity contribution >= 4 is 23.2 Å². The van der Waals surface area contributed by atoms with Crippen LogP contribution in [0, 0.1) is 0 Å². The predicted octanol–water partition coefficient (Wildman–Crippen LogP) is 4.90. The molecule has 0 atom stereocenters. The van der Waals surface area contributed by atoms with Gasteiger partial charge < -0.3 is 14.8 Å². The number of ether oxygens (including phenoxy) is 2. The van der Waals surface area contributed by atoms with Crippen LogP contribution in [0.3, 0.4) is 0 Å². The highest BCUT2D eigenvalue weighted by Crippen LogP contribution is 2.28. The van der Waals surface area contributed by atoms with Gasteiger partial charge in [0.2, 0.25) is 29.0 Å². The second-order valence-electron chi connectivity index (χ2n) is 8.65. The minimum atomic E-state index is -0.338. The largest absolute Gasteiger partial charge is 0.489 e. The molecule has 0 aliphatic heterocycles. The standard InChI is InChI=1S/C28H31NO5/c1-17(2)21-11-13-22(14-12-21)29-24(30)15-10-19-6-8-20(9-7-19)16-23-18(3)25(31)27(33-4)28(34-5)26(23)32/h6-9,11-14,17H,10,15-16H2,1-5H3,(H,29,30). The van der Waals surface area contributed by atoms with Crippen LogP contribution < -0.4 is 5.32 Å². The quantitative estimate of drug-likeness (QED) is 0.538. The minimum absolute atomic E-state index is 0.0405. The number of rotatable bonds is 9. The van der Waals surface area contributed by atoms with Gasteiger partial charge >= 0.3 is 0 Å². The van der Waals surface area contributed by atoms with Gasteiger partial charge in [-0.15, -0.1) is 0 Å². The molecule has 1 aliphatic carbocycles.